The van der Waals surface area contributed by atoms with Crippen molar-refractivity contribution in [3.8, 4) is 11.6 Å². The van der Waals surface area contributed by atoms with E-state index in [0.29, 0.717) is 31.3 Å². The molecule has 0 radical (unpaired) electrons. The monoisotopic (exact) mass is 453 g/mol. The second-order valence-electron chi connectivity index (χ2n) is 9.20. The highest BCUT2D eigenvalue weighted by atomic mass is 16.5. The zero-order valence-corrected chi connectivity index (χ0v) is 19.5. The van der Waals surface area contributed by atoms with E-state index in [1.54, 1.807) is 25.3 Å². The molecule has 4 heterocycles. The quantitative estimate of drug-likeness (QED) is 0.768. The predicted molar refractivity (Wildman–Crippen MR) is 127 cm³/mol. The van der Waals surface area contributed by atoms with Crippen LogP contribution >= 0.6 is 0 Å². The van der Waals surface area contributed by atoms with E-state index in [1.807, 2.05) is 23.1 Å². The molecule has 1 aromatic heterocycles. The van der Waals surface area contributed by atoms with Crippen molar-refractivity contribution in [3.05, 3.63) is 53.7 Å². The number of hydrogen-bond acceptors (Lipinski definition) is 6. The van der Waals surface area contributed by atoms with Crippen LogP contribution in [0, 0.1) is 5.41 Å². The number of aromatic nitrogens is 1. The largest absolute Gasteiger partial charge is 0.491 e. The first-order valence-electron chi connectivity index (χ1n) is 12.0. The molecule has 0 saturated carbocycles. The van der Waals surface area contributed by atoms with Gasteiger partial charge in [0.15, 0.2) is 0 Å². The minimum absolute atomic E-state index is 0.00408. The molecular formula is C26H35N3O4. The minimum Gasteiger partial charge on any atom is -0.491 e. The van der Waals surface area contributed by atoms with Crippen molar-refractivity contribution >= 4 is 5.91 Å². The van der Waals surface area contributed by atoms with Gasteiger partial charge in [0, 0.05) is 31.3 Å². The second-order valence-corrected chi connectivity index (χ2v) is 9.20. The summed E-state index contributed by atoms with van der Waals surface area (Å²) >= 11 is 0. The molecule has 0 spiro atoms. The summed E-state index contributed by atoms with van der Waals surface area (Å²) in [6.45, 7) is 4.59. The second kappa shape index (κ2) is 11.0. The molecule has 7 heteroatoms. The van der Waals surface area contributed by atoms with Gasteiger partial charge in [-0.25, -0.2) is 4.98 Å². The van der Waals surface area contributed by atoms with Crippen molar-refractivity contribution in [2.75, 3.05) is 46.5 Å². The molecule has 3 aliphatic rings. The summed E-state index contributed by atoms with van der Waals surface area (Å²) in [5, 5.41) is 10.2. The van der Waals surface area contributed by atoms with Crippen LogP contribution in [0.1, 0.15) is 48.2 Å². The van der Waals surface area contributed by atoms with Crippen LogP contribution in [0.15, 0.2) is 42.5 Å². The van der Waals surface area contributed by atoms with Crippen molar-refractivity contribution in [1.82, 2.24) is 14.8 Å². The van der Waals surface area contributed by atoms with Crippen LogP contribution in [-0.2, 0) is 6.54 Å². The Kier molecular flexibility index (Phi) is 7.83. The molecule has 0 unspecified atom stereocenters. The molecule has 33 heavy (non-hydrogen) atoms. The van der Waals surface area contributed by atoms with Gasteiger partial charge in [-0.15, -0.1) is 0 Å². The van der Waals surface area contributed by atoms with Crippen LogP contribution in [0.3, 0.4) is 0 Å². The lowest BCUT2D eigenvalue weighted by atomic mass is 9.75. The fourth-order valence-corrected chi connectivity index (χ4v) is 4.88. The van der Waals surface area contributed by atoms with Crippen LogP contribution in [0.4, 0.5) is 0 Å². The van der Waals surface area contributed by atoms with Gasteiger partial charge in [-0.3, -0.25) is 9.69 Å². The third kappa shape index (κ3) is 5.84. The van der Waals surface area contributed by atoms with Gasteiger partial charge < -0.3 is 19.5 Å². The lowest BCUT2D eigenvalue weighted by Crippen LogP contribution is -2.41. The van der Waals surface area contributed by atoms with Gasteiger partial charge >= 0.3 is 0 Å². The fourth-order valence-electron chi connectivity index (χ4n) is 4.88. The van der Waals surface area contributed by atoms with Crippen molar-refractivity contribution in [2.24, 2.45) is 5.41 Å². The fraction of sp³-hybridized carbons (Fsp3) is 0.538. The van der Waals surface area contributed by atoms with Crippen LogP contribution < -0.4 is 9.47 Å². The number of para-hydroxylation sites is 1. The molecule has 1 aromatic carbocycles. The van der Waals surface area contributed by atoms with Gasteiger partial charge in [0.2, 0.25) is 5.88 Å². The SMILES string of the molecule is COc1cccc(C(=O)N2CCCCC3(CO)CCN(CC3)Cc3ccccc3OCC2)n1. The summed E-state index contributed by atoms with van der Waals surface area (Å²) in [5.41, 5.74) is 1.54. The number of ether oxygens (including phenoxy) is 2. The summed E-state index contributed by atoms with van der Waals surface area (Å²) in [7, 11) is 1.55. The average Bonchev–Trinajstić information content (AvgIpc) is 2.87. The van der Waals surface area contributed by atoms with Crippen molar-refractivity contribution in [3.63, 3.8) is 0 Å². The molecule has 1 amide bonds. The Balaban J connectivity index is 1.53. The summed E-state index contributed by atoms with van der Waals surface area (Å²) in [4.78, 5) is 21.9. The maximum absolute atomic E-state index is 13.3. The zero-order chi connectivity index (χ0) is 23.1. The van der Waals surface area contributed by atoms with E-state index in [0.717, 1.165) is 63.1 Å². The average molecular weight is 454 g/mol. The smallest absolute Gasteiger partial charge is 0.272 e. The molecule has 0 atom stereocenters. The van der Waals surface area contributed by atoms with Gasteiger partial charge in [-0.05, 0) is 56.3 Å². The first kappa shape index (κ1) is 23.5. The van der Waals surface area contributed by atoms with Crippen molar-refractivity contribution in [2.45, 2.75) is 38.6 Å². The van der Waals surface area contributed by atoms with Crippen LogP contribution in [0.25, 0.3) is 0 Å². The topological polar surface area (TPSA) is 75.1 Å². The predicted octanol–water partition coefficient (Wildman–Crippen LogP) is 3.37. The third-order valence-corrected chi connectivity index (χ3v) is 7.06. The summed E-state index contributed by atoms with van der Waals surface area (Å²) in [6, 6.07) is 13.4. The Labute approximate surface area is 196 Å². The van der Waals surface area contributed by atoms with Crippen LogP contribution in [0.5, 0.6) is 11.6 Å². The van der Waals surface area contributed by atoms with E-state index in [1.165, 1.54) is 0 Å². The van der Waals surface area contributed by atoms with Crippen LogP contribution in [0.2, 0.25) is 0 Å². The standard InChI is InChI=1S/C26H35N3O4/c1-32-24-10-6-8-22(27-24)25(31)29-14-5-4-11-26(20-30)12-15-28(16-13-26)19-21-7-2-3-9-23(21)33-18-17-29/h2-3,6-10,30H,4-5,11-20H2,1H3. The number of carbonyl (C=O) groups is 1. The van der Waals surface area contributed by atoms with Gasteiger partial charge in [-0.2, -0.15) is 0 Å². The molecule has 5 rings (SSSR count). The lowest BCUT2D eigenvalue weighted by molar-refractivity contribution is 0.0319. The lowest BCUT2D eigenvalue weighted by Gasteiger charge is -2.41. The highest BCUT2D eigenvalue weighted by Crippen LogP contribution is 2.37. The number of hydrogen-bond donors (Lipinski definition) is 1. The highest BCUT2D eigenvalue weighted by Gasteiger charge is 2.34. The Morgan fingerprint density at radius 3 is 2.67 bits per heavy atom. The first-order valence-corrected chi connectivity index (χ1v) is 12.0. The molecule has 3 aliphatic heterocycles. The maximum atomic E-state index is 13.3. The molecule has 2 bridgehead atoms. The Hall–Kier alpha value is -2.64. The Bertz CT molecular complexity index is 927. The number of nitrogens with zero attached hydrogens (tertiary/aromatic N) is 3. The molecule has 2 aromatic rings. The van der Waals surface area contributed by atoms with Crippen molar-refractivity contribution in [1.29, 1.82) is 0 Å². The van der Waals surface area contributed by atoms with Gasteiger partial charge in [0.25, 0.3) is 5.91 Å². The maximum Gasteiger partial charge on any atom is 0.272 e. The number of carbonyl (C=O) groups excluding carboxylic acids is 1. The summed E-state index contributed by atoms with van der Waals surface area (Å²) in [6.07, 6.45) is 4.87. The number of amides is 1. The van der Waals surface area contributed by atoms with Crippen LogP contribution in [-0.4, -0.2) is 72.3 Å². The van der Waals surface area contributed by atoms with Gasteiger partial charge in [-0.1, -0.05) is 30.7 Å². The summed E-state index contributed by atoms with van der Waals surface area (Å²) < 4.78 is 11.4. The van der Waals surface area contributed by atoms with E-state index in [9.17, 15) is 9.90 Å². The van der Waals surface area contributed by atoms with Gasteiger partial charge in [0.05, 0.1) is 13.7 Å². The Morgan fingerprint density at radius 2 is 1.88 bits per heavy atom. The molecule has 178 valence electrons. The zero-order valence-electron chi connectivity index (χ0n) is 19.5. The molecular weight excluding hydrogens is 418 g/mol. The number of piperidine rings is 1. The Morgan fingerprint density at radius 1 is 1.06 bits per heavy atom. The molecule has 1 saturated heterocycles. The third-order valence-electron chi connectivity index (χ3n) is 7.06. The van der Waals surface area contributed by atoms with E-state index < -0.39 is 0 Å². The molecule has 7 nitrogen and oxygen atoms in total. The number of aliphatic hydroxyl groups excluding tert-OH is 1. The number of fused-ring (bicyclic) bond motifs is 9. The number of pyridine rings is 1. The molecule has 1 N–H and O–H groups in total. The molecule has 1 fully saturated rings. The molecule has 0 aliphatic carbocycles. The number of rotatable bonds is 3. The van der Waals surface area contributed by atoms with E-state index in [4.69, 9.17) is 9.47 Å². The normalized spacial score (nSPS) is 24.2. The highest BCUT2D eigenvalue weighted by molar-refractivity contribution is 5.92. The van der Waals surface area contributed by atoms with Gasteiger partial charge in [0.1, 0.15) is 18.1 Å². The van der Waals surface area contributed by atoms with E-state index in [-0.39, 0.29) is 17.9 Å². The first-order chi connectivity index (χ1) is 16.1. The number of methoxy groups -OCH3 is 1. The summed E-state index contributed by atoms with van der Waals surface area (Å²) in [5.74, 6) is 1.19. The van der Waals surface area contributed by atoms with E-state index >= 15 is 0 Å². The van der Waals surface area contributed by atoms with E-state index in [2.05, 4.69) is 16.0 Å². The number of benzene rings is 1. The minimum atomic E-state index is -0.112. The number of aliphatic hydroxyl groups is 1. The van der Waals surface area contributed by atoms with Crippen molar-refractivity contribution < 1.29 is 19.4 Å².